The lowest BCUT2D eigenvalue weighted by Crippen LogP contribution is -2.14. The molecule has 1 aromatic carbocycles. The lowest BCUT2D eigenvalue weighted by Gasteiger charge is -2.12. The number of benzene rings is 1. The summed E-state index contributed by atoms with van der Waals surface area (Å²) in [5, 5.41) is 9.95. The largest absolute Gasteiger partial charge is 0.493 e. The normalized spacial score (nSPS) is 12.3. The van der Waals surface area contributed by atoms with Gasteiger partial charge in [-0.05, 0) is 31.0 Å². The molecular formula is C16H22N2O2. The maximum atomic E-state index is 9.95. The Morgan fingerprint density at radius 3 is 2.90 bits per heavy atom. The maximum Gasteiger partial charge on any atom is 0.119 e. The Labute approximate surface area is 120 Å². The van der Waals surface area contributed by atoms with E-state index in [0.717, 1.165) is 18.0 Å². The number of rotatable bonds is 7. The average Bonchev–Trinajstić information content (AvgIpc) is 2.82. The van der Waals surface area contributed by atoms with Crippen molar-refractivity contribution < 1.29 is 9.84 Å². The van der Waals surface area contributed by atoms with Crippen LogP contribution < -0.4 is 4.74 Å². The predicted molar refractivity (Wildman–Crippen MR) is 78.8 cm³/mol. The standard InChI is InChI=1S/C16H22N2O2/c1-13-4-3-5-15(12-13)20-11-8-14(19)6-7-16-17-9-10-18(16)2/h3-5,9-10,12,14,19H,6-8,11H2,1-2H3. The van der Waals surface area contributed by atoms with Crippen LogP contribution in [0.2, 0.25) is 0 Å². The van der Waals surface area contributed by atoms with Gasteiger partial charge in [0.2, 0.25) is 0 Å². The van der Waals surface area contributed by atoms with E-state index in [1.807, 2.05) is 49.0 Å². The number of aryl methyl sites for hydroxylation is 3. The Balaban J connectivity index is 1.68. The average molecular weight is 274 g/mol. The minimum absolute atomic E-state index is 0.350. The molecule has 0 saturated carbocycles. The third-order valence-corrected chi connectivity index (χ3v) is 3.33. The molecule has 0 amide bonds. The van der Waals surface area contributed by atoms with Gasteiger partial charge in [0.25, 0.3) is 0 Å². The molecule has 1 heterocycles. The summed E-state index contributed by atoms with van der Waals surface area (Å²) in [5.41, 5.74) is 1.18. The summed E-state index contributed by atoms with van der Waals surface area (Å²) >= 11 is 0. The fraction of sp³-hybridized carbons (Fsp3) is 0.438. The van der Waals surface area contributed by atoms with Crippen LogP contribution in [0, 0.1) is 6.92 Å². The molecule has 0 saturated heterocycles. The van der Waals surface area contributed by atoms with Crippen molar-refractivity contribution in [2.45, 2.75) is 32.3 Å². The second-order valence-corrected chi connectivity index (χ2v) is 5.10. The molecule has 0 fully saturated rings. The highest BCUT2D eigenvalue weighted by atomic mass is 16.5. The third-order valence-electron chi connectivity index (χ3n) is 3.33. The van der Waals surface area contributed by atoms with Crippen molar-refractivity contribution in [2.75, 3.05) is 6.61 Å². The van der Waals surface area contributed by atoms with Crippen LogP contribution in [0.15, 0.2) is 36.7 Å². The van der Waals surface area contributed by atoms with E-state index in [9.17, 15) is 5.11 Å². The monoisotopic (exact) mass is 274 g/mol. The van der Waals surface area contributed by atoms with Crippen LogP contribution in [0.3, 0.4) is 0 Å². The molecular weight excluding hydrogens is 252 g/mol. The Bertz CT molecular complexity index is 537. The van der Waals surface area contributed by atoms with Crippen LogP contribution in [-0.4, -0.2) is 27.4 Å². The molecule has 0 bridgehead atoms. The molecule has 1 N–H and O–H groups in total. The summed E-state index contributed by atoms with van der Waals surface area (Å²) in [6.07, 6.45) is 5.48. The highest BCUT2D eigenvalue weighted by Gasteiger charge is 2.07. The molecule has 2 aromatic rings. The van der Waals surface area contributed by atoms with Crippen molar-refractivity contribution in [2.24, 2.45) is 7.05 Å². The van der Waals surface area contributed by atoms with Gasteiger partial charge in [0.1, 0.15) is 11.6 Å². The summed E-state index contributed by atoms with van der Waals surface area (Å²) in [6.45, 7) is 2.57. The van der Waals surface area contributed by atoms with E-state index in [2.05, 4.69) is 4.98 Å². The fourth-order valence-corrected chi connectivity index (χ4v) is 2.10. The molecule has 0 aliphatic carbocycles. The second-order valence-electron chi connectivity index (χ2n) is 5.10. The van der Waals surface area contributed by atoms with E-state index in [0.29, 0.717) is 19.4 Å². The van der Waals surface area contributed by atoms with Gasteiger partial charge < -0.3 is 14.4 Å². The highest BCUT2D eigenvalue weighted by molar-refractivity contribution is 5.27. The van der Waals surface area contributed by atoms with Crippen molar-refractivity contribution in [3.8, 4) is 5.75 Å². The predicted octanol–water partition coefficient (Wildman–Crippen LogP) is 2.49. The first-order valence-corrected chi connectivity index (χ1v) is 6.99. The van der Waals surface area contributed by atoms with Crippen LogP contribution in [0.5, 0.6) is 5.75 Å². The van der Waals surface area contributed by atoms with E-state index in [1.54, 1.807) is 6.20 Å². The number of imidazole rings is 1. The summed E-state index contributed by atoms with van der Waals surface area (Å²) in [4.78, 5) is 4.25. The number of aromatic nitrogens is 2. The molecule has 4 heteroatoms. The molecule has 1 unspecified atom stereocenters. The molecule has 4 nitrogen and oxygen atoms in total. The summed E-state index contributed by atoms with van der Waals surface area (Å²) < 4.78 is 7.62. The van der Waals surface area contributed by atoms with Crippen molar-refractivity contribution >= 4 is 0 Å². The number of nitrogens with zero attached hydrogens (tertiary/aromatic N) is 2. The molecule has 1 atom stereocenters. The lowest BCUT2D eigenvalue weighted by atomic mass is 10.1. The van der Waals surface area contributed by atoms with Gasteiger partial charge in [-0.3, -0.25) is 0 Å². The summed E-state index contributed by atoms with van der Waals surface area (Å²) in [5.74, 6) is 1.87. The fourth-order valence-electron chi connectivity index (χ4n) is 2.10. The topological polar surface area (TPSA) is 47.3 Å². The van der Waals surface area contributed by atoms with Crippen LogP contribution >= 0.6 is 0 Å². The summed E-state index contributed by atoms with van der Waals surface area (Å²) in [7, 11) is 1.97. The van der Waals surface area contributed by atoms with Crippen LogP contribution in [0.4, 0.5) is 0 Å². The number of hydrogen-bond acceptors (Lipinski definition) is 3. The van der Waals surface area contributed by atoms with Gasteiger partial charge in [-0.15, -0.1) is 0 Å². The zero-order valence-electron chi connectivity index (χ0n) is 12.1. The van der Waals surface area contributed by atoms with Gasteiger partial charge in [-0.1, -0.05) is 12.1 Å². The first-order chi connectivity index (χ1) is 9.65. The van der Waals surface area contributed by atoms with Crippen molar-refractivity contribution in [3.63, 3.8) is 0 Å². The molecule has 0 aliphatic heterocycles. The number of hydrogen-bond donors (Lipinski definition) is 1. The second kappa shape index (κ2) is 7.10. The van der Waals surface area contributed by atoms with Gasteiger partial charge in [0.05, 0.1) is 12.7 Å². The molecule has 108 valence electrons. The van der Waals surface area contributed by atoms with Crippen molar-refractivity contribution in [1.82, 2.24) is 9.55 Å². The van der Waals surface area contributed by atoms with E-state index in [4.69, 9.17) is 4.74 Å². The lowest BCUT2D eigenvalue weighted by molar-refractivity contribution is 0.130. The molecule has 0 aliphatic rings. The SMILES string of the molecule is Cc1cccc(OCCC(O)CCc2nccn2C)c1. The van der Waals surface area contributed by atoms with Gasteiger partial charge in [0, 0.05) is 32.3 Å². The summed E-state index contributed by atoms with van der Waals surface area (Å²) in [6, 6.07) is 7.95. The quantitative estimate of drug-likeness (QED) is 0.844. The number of aliphatic hydroxyl groups is 1. The minimum Gasteiger partial charge on any atom is -0.493 e. The Morgan fingerprint density at radius 2 is 2.20 bits per heavy atom. The van der Waals surface area contributed by atoms with Crippen LogP contribution in [0.25, 0.3) is 0 Å². The van der Waals surface area contributed by atoms with Crippen LogP contribution in [-0.2, 0) is 13.5 Å². The molecule has 2 rings (SSSR count). The van der Waals surface area contributed by atoms with Crippen molar-refractivity contribution in [3.05, 3.63) is 48.0 Å². The first kappa shape index (κ1) is 14.6. The van der Waals surface area contributed by atoms with Gasteiger partial charge in [0.15, 0.2) is 0 Å². The Hall–Kier alpha value is -1.81. The van der Waals surface area contributed by atoms with E-state index >= 15 is 0 Å². The smallest absolute Gasteiger partial charge is 0.119 e. The Morgan fingerprint density at radius 1 is 1.35 bits per heavy atom. The molecule has 1 aromatic heterocycles. The van der Waals surface area contributed by atoms with E-state index in [1.165, 1.54) is 5.56 Å². The van der Waals surface area contributed by atoms with Gasteiger partial charge >= 0.3 is 0 Å². The molecule has 0 radical (unpaired) electrons. The third kappa shape index (κ3) is 4.38. The Kier molecular flexibility index (Phi) is 5.18. The first-order valence-electron chi connectivity index (χ1n) is 6.99. The minimum atomic E-state index is -0.350. The zero-order chi connectivity index (χ0) is 14.4. The molecule has 0 spiro atoms. The van der Waals surface area contributed by atoms with E-state index in [-0.39, 0.29) is 6.10 Å². The van der Waals surface area contributed by atoms with Crippen molar-refractivity contribution in [1.29, 1.82) is 0 Å². The highest BCUT2D eigenvalue weighted by Crippen LogP contribution is 2.13. The zero-order valence-corrected chi connectivity index (χ0v) is 12.1. The number of ether oxygens (including phenoxy) is 1. The van der Waals surface area contributed by atoms with Gasteiger partial charge in [-0.25, -0.2) is 4.98 Å². The number of aliphatic hydroxyl groups excluding tert-OH is 1. The maximum absolute atomic E-state index is 9.95. The van der Waals surface area contributed by atoms with Crippen LogP contribution in [0.1, 0.15) is 24.2 Å². The molecule has 20 heavy (non-hydrogen) atoms. The van der Waals surface area contributed by atoms with Gasteiger partial charge in [-0.2, -0.15) is 0 Å². The van der Waals surface area contributed by atoms with E-state index < -0.39 is 0 Å².